The van der Waals surface area contributed by atoms with Gasteiger partial charge in [-0.1, -0.05) is 0 Å². The number of ether oxygens (including phenoxy) is 1. The summed E-state index contributed by atoms with van der Waals surface area (Å²) < 4.78 is 5.53. The maximum atomic E-state index is 5.53. The molecule has 1 N–H and O–H groups in total. The fourth-order valence-corrected chi connectivity index (χ4v) is 2.70. The first kappa shape index (κ1) is 11.1. The van der Waals surface area contributed by atoms with Gasteiger partial charge in [0.1, 0.15) is 0 Å². The molecule has 0 saturated carbocycles. The van der Waals surface area contributed by atoms with E-state index in [0.29, 0.717) is 12.0 Å². The Morgan fingerprint density at radius 3 is 3.20 bits per heavy atom. The van der Waals surface area contributed by atoms with Crippen molar-refractivity contribution in [2.45, 2.75) is 25.9 Å². The third-order valence-electron chi connectivity index (χ3n) is 3.11. The van der Waals surface area contributed by atoms with Crippen LogP contribution >= 0.6 is 11.3 Å². The Kier molecular flexibility index (Phi) is 4.18. The van der Waals surface area contributed by atoms with Crippen LogP contribution in [0.4, 0.5) is 0 Å². The molecule has 0 amide bonds. The first-order valence-electron chi connectivity index (χ1n) is 5.69. The minimum atomic E-state index is 0.443. The Morgan fingerprint density at radius 1 is 1.60 bits per heavy atom. The summed E-state index contributed by atoms with van der Waals surface area (Å²) in [6.07, 6.45) is 2.80. The second-order valence-electron chi connectivity index (χ2n) is 4.21. The summed E-state index contributed by atoms with van der Waals surface area (Å²) in [5, 5.41) is 7.89. The first-order valence-corrected chi connectivity index (χ1v) is 6.64. The number of thiophene rings is 1. The van der Waals surface area contributed by atoms with Crippen molar-refractivity contribution in [3.63, 3.8) is 0 Å². The monoisotopic (exact) mass is 225 g/mol. The van der Waals surface area contributed by atoms with Gasteiger partial charge in [0.15, 0.2) is 0 Å². The molecule has 3 heteroatoms. The summed E-state index contributed by atoms with van der Waals surface area (Å²) in [6.45, 7) is 5.31. The van der Waals surface area contributed by atoms with Gasteiger partial charge < -0.3 is 10.1 Å². The molecule has 0 aliphatic carbocycles. The summed E-state index contributed by atoms with van der Waals surface area (Å²) >= 11 is 1.78. The molecular weight excluding hydrogens is 206 g/mol. The molecule has 0 radical (unpaired) electrons. The van der Waals surface area contributed by atoms with E-state index in [1.165, 1.54) is 12.0 Å². The molecule has 84 valence electrons. The van der Waals surface area contributed by atoms with Crippen molar-refractivity contribution in [2.75, 3.05) is 19.7 Å². The van der Waals surface area contributed by atoms with E-state index < -0.39 is 0 Å². The Labute approximate surface area is 95.6 Å². The van der Waals surface area contributed by atoms with Crippen LogP contribution in [0.15, 0.2) is 16.8 Å². The largest absolute Gasteiger partial charge is 0.378 e. The van der Waals surface area contributed by atoms with E-state index in [4.69, 9.17) is 4.74 Å². The van der Waals surface area contributed by atoms with Crippen LogP contribution in [0.1, 0.15) is 18.9 Å². The van der Waals surface area contributed by atoms with E-state index >= 15 is 0 Å². The maximum absolute atomic E-state index is 5.53. The minimum absolute atomic E-state index is 0.443. The summed E-state index contributed by atoms with van der Waals surface area (Å²) in [5.41, 5.74) is 1.45. The van der Waals surface area contributed by atoms with E-state index in [-0.39, 0.29) is 0 Å². The maximum Gasteiger partial charge on any atom is 0.0588 e. The lowest BCUT2D eigenvalue weighted by molar-refractivity contribution is 0.105. The molecule has 0 bridgehead atoms. The van der Waals surface area contributed by atoms with Crippen molar-refractivity contribution < 1.29 is 4.74 Å². The van der Waals surface area contributed by atoms with Gasteiger partial charge in [0.05, 0.1) is 6.10 Å². The Balaban J connectivity index is 1.59. The zero-order chi connectivity index (χ0) is 10.5. The van der Waals surface area contributed by atoms with Gasteiger partial charge in [-0.05, 0) is 54.6 Å². The first-order chi connectivity index (χ1) is 7.36. The summed E-state index contributed by atoms with van der Waals surface area (Å²) in [7, 11) is 0. The summed E-state index contributed by atoms with van der Waals surface area (Å²) in [6, 6.07) is 2.20. The molecule has 2 rings (SSSR count). The lowest BCUT2D eigenvalue weighted by Gasteiger charge is -2.14. The van der Waals surface area contributed by atoms with Crippen LogP contribution in [0.5, 0.6) is 0 Å². The van der Waals surface area contributed by atoms with Crippen molar-refractivity contribution in [3.8, 4) is 0 Å². The van der Waals surface area contributed by atoms with Crippen molar-refractivity contribution in [2.24, 2.45) is 5.92 Å². The van der Waals surface area contributed by atoms with Crippen LogP contribution in [-0.2, 0) is 11.2 Å². The van der Waals surface area contributed by atoms with E-state index in [9.17, 15) is 0 Å². The molecule has 2 heterocycles. The van der Waals surface area contributed by atoms with Crippen molar-refractivity contribution in [1.29, 1.82) is 0 Å². The molecule has 2 unspecified atom stereocenters. The van der Waals surface area contributed by atoms with Gasteiger partial charge in [-0.2, -0.15) is 11.3 Å². The second-order valence-corrected chi connectivity index (χ2v) is 4.99. The van der Waals surface area contributed by atoms with Gasteiger partial charge in [0.25, 0.3) is 0 Å². The Hall–Kier alpha value is -0.380. The van der Waals surface area contributed by atoms with Crippen molar-refractivity contribution in [1.82, 2.24) is 5.32 Å². The molecule has 1 aliphatic rings. The molecule has 1 aromatic rings. The average Bonchev–Trinajstić information content (AvgIpc) is 2.85. The highest BCUT2D eigenvalue weighted by atomic mass is 32.1. The number of hydrogen-bond donors (Lipinski definition) is 1. The van der Waals surface area contributed by atoms with Crippen molar-refractivity contribution >= 4 is 11.3 Å². The van der Waals surface area contributed by atoms with Crippen LogP contribution in [0.3, 0.4) is 0 Å². The predicted octanol–water partition coefficient (Wildman–Crippen LogP) is 2.31. The number of hydrogen-bond acceptors (Lipinski definition) is 3. The molecule has 1 aromatic heterocycles. The highest BCUT2D eigenvalue weighted by Crippen LogP contribution is 2.19. The highest BCUT2D eigenvalue weighted by Gasteiger charge is 2.23. The van der Waals surface area contributed by atoms with Crippen LogP contribution in [0.25, 0.3) is 0 Å². The molecular formula is C12H19NOS. The molecule has 1 saturated heterocycles. The molecule has 0 aromatic carbocycles. The SMILES string of the molecule is CC1OCCC1CNCCc1ccsc1. The minimum Gasteiger partial charge on any atom is -0.378 e. The Bertz CT molecular complexity index is 273. The number of rotatable bonds is 5. The van der Waals surface area contributed by atoms with Gasteiger partial charge >= 0.3 is 0 Å². The zero-order valence-corrected chi connectivity index (χ0v) is 10.1. The molecule has 1 aliphatic heterocycles. The van der Waals surface area contributed by atoms with Crippen molar-refractivity contribution in [3.05, 3.63) is 22.4 Å². The molecule has 0 spiro atoms. The fraction of sp³-hybridized carbons (Fsp3) is 0.667. The zero-order valence-electron chi connectivity index (χ0n) is 9.24. The van der Waals surface area contributed by atoms with Gasteiger partial charge in [0, 0.05) is 13.2 Å². The quantitative estimate of drug-likeness (QED) is 0.776. The van der Waals surface area contributed by atoms with Crippen LogP contribution in [-0.4, -0.2) is 25.8 Å². The van der Waals surface area contributed by atoms with E-state index in [1.807, 2.05) is 0 Å². The molecule has 1 fully saturated rings. The fourth-order valence-electron chi connectivity index (χ4n) is 2.00. The third kappa shape index (κ3) is 3.30. The third-order valence-corrected chi connectivity index (χ3v) is 3.84. The van der Waals surface area contributed by atoms with Gasteiger partial charge in [0.2, 0.25) is 0 Å². The lowest BCUT2D eigenvalue weighted by Crippen LogP contribution is -2.28. The normalized spacial score (nSPS) is 25.9. The van der Waals surface area contributed by atoms with Gasteiger partial charge in [-0.25, -0.2) is 0 Å². The van der Waals surface area contributed by atoms with Gasteiger partial charge in [-0.15, -0.1) is 0 Å². The van der Waals surface area contributed by atoms with E-state index in [1.54, 1.807) is 11.3 Å². The Morgan fingerprint density at radius 2 is 2.53 bits per heavy atom. The van der Waals surface area contributed by atoms with E-state index in [2.05, 4.69) is 29.1 Å². The topological polar surface area (TPSA) is 21.3 Å². The lowest BCUT2D eigenvalue weighted by atomic mass is 10.0. The smallest absolute Gasteiger partial charge is 0.0588 e. The summed E-state index contributed by atoms with van der Waals surface area (Å²) in [5.74, 6) is 0.715. The second kappa shape index (κ2) is 5.64. The predicted molar refractivity (Wildman–Crippen MR) is 64.4 cm³/mol. The van der Waals surface area contributed by atoms with Gasteiger partial charge in [-0.3, -0.25) is 0 Å². The number of nitrogens with one attached hydrogen (secondary N) is 1. The van der Waals surface area contributed by atoms with Crippen LogP contribution < -0.4 is 5.32 Å². The van der Waals surface area contributed by atoms with Crippen LogP contribution in [0, 0.1) is 5.92 Å². The highest BCUT2D eigenvalue weighted by molar-refractivity contribution is 7.07. The average molecular weight is 225 g/mol. The van der Waals surface area contributed by atoms with E-state index in [0.717, 1.165) is 26.1 Å². The molecule has 15 heavy (non-hydrogen) atoms. The van der Waals surface area contributed by atoms with Crippen LogP contribution in [0.2, 0.25) is 0 Å². The summed E-state index contributed by atoms with van der Waals surface area (Å²) in [4.78, 5) is 0. The molecule has 2 nitrogen and oxygen atoms in total. The molecule has 2 atom stereocenters. The standard InChI is InChI=1S/C12H19NOS/c1-10-12(3-6-14-10)8-13-5-2-11-4-7-15-9-11/h4,7,9-10,12-13H,2-3,5-6,8H2,1H3.